The van der Waals surface area contributed by atoms with E-state index in [0.29, 0.717) is 25.4 Å². The lowest BCUT2D eigenvalue weighted by molar-refractivity contribution is -0.184. The van der Waals surface area contributed by atoms with Gasteiger partial charge in [-0.05, 0) is 51.4 Å². The van der Waals surface area contributed by atoms with Crippen molar-refractivity contribution in [3.8, 4) is 0 Å². The summed E-state index contributed by atoms with van der Waals surface area (Å²) in [6.07, 6.45) is 1.64. The lowest BCUT2D eigenvalue weighted by Gasteiger charge is -2.29. The smallest absolute Gasteiger partial charge is 0.378 e. The molecule has 0 amide bonds. The Balaban J connectivity index is 1.64. The number of carbonyl (C=O) groups excluding carboxylic acids is 1. The average molecular weight is 292 g/mol. The molecule has 5 heteroatoms. The quantitative estimate of drug-likeness (QED) is 0.756. The van der Waals surface area contributed by atoms with Gasteiger partial charge < -0.3 is 4.74 Å². The molecule has 0 aromatic rings. The number of ketones is 1. The molecule has 2 aliphatic rings. The lowest BCUT2D eigenvalue weighted by atomic mass is 9.79. The Morgan fingerprint density at radius 3 is 2.35 bits per heavy atom. The highest BCUT2D eigenvalue weighted by Crippen LogP contribution is 2.40. The van der Waals surface area contributed by atoms with Crippen molar-refractivity contribution in [2.45, 2.75) is 70.1 Å². The Labute approximate surface area is 118 Å². The molecule has 1 saturated heterocycles. The van der Waals surface area contributed by atoms with Crippen LogP contribution < -0.4 is 0 Å². The maximum Gasteiger partial charge on any atom is 0.391 e. The predicted molar refractivity (Wildman–Crippen MR) is 69.3 cm³/mol. The van der Waals surface area contributed by atoms with Crippen molar-refractivity contribution >= 4 is 5.78 Å². The van der Waals surface area contributed by atoms with Gasteiger partial charge in [-0.3, -0.25) is 4.79 Å². The Bertz CT molecular complexity index is 314. The van der Waals surface area contributed by atoms with Crippen LogP contribution in [-0.2, 0) is 9.53 Å². The third-order valence-electron chi connectivity index (χ3n) is 4.62. The van der Waals surface area contributed by atoms with E-state index in [4.69, 9.17) is 4.74 Å². The molecule has 1 unspecified atom stereocenters. The molecule has 0 bridgehead atoms. The van der Waals surface area contributed by atoms with E-state index in [2.05, 4.69) is 0 Å². The lowest BCUT2D eigenvalue weighted by Crippen LogP contribution is -2.30. The van der Waals surface area contributed by atoms with Gasteiger partial charge in [-0.15, -0.1) is 0 Å². The number of hydrogen-bond donors (Lipinski definition) is 0. The summed E-state index contributed by atoms with van der Waals surface area (Å²) in [4.78, 5) is 12.0. The average Bonchev–Trinajstić information content (AvgIpc) is 2.91. The number of carbonyl (C=O) groups is 1. The van der Waals surface area contributed by atoms with Gasteiger partial charge in [-0.1, -0.05) is 0 Å². The maximum absolute atomic E-state index is 12.5. The predicted octanol–water partition coefficient (Wildman–Crippen LogP) is 4.27. The number of alkyl halides is 3. The largest absolute Gasteiger partial charge is 0.391 e. The molecule has 1 saturated carbocycles. The van der Waals surface area contributed by atoms with Crippen LogP contribution in [0.15, 0.2) is 0 Å². The first kappa shape index (κ1) is 15.8. The van der Waals surface area contributed by atoms with Gasteiger partial charge in [0.05, 0.1) is 12.0 Å². The van der Waals surface area contributed by atoms with Crippen molar-refractivity contribution in [2.24, 2.45) is 11.8 Å². The number of halogens is 3. The van der Waals surface area contributed by atoms with E-state index in [1.807, 2.05) is 0 Å². The highest BCUT2D eigenvalue weighted by molar-refractivity contribution is 5.81. The van der Waals surface area contributed by atoms with Gasteiger partial charge in [0.15, 0.2) is 0 Å². The highest BCUT2D eigenvalue weighted by Gasteiger charge is 2.42. The molecule has 2 fully saturated rings. The fourth-order valence-electron chi connectivity index (χ4n) is 3.32. The van der Waals surface area contributed by atoms with Crippen molar-refractivity contribution in [3.05, 3.63) is 0 Å². The van der Waals surface area contributed by atoms with E-state index in [1.165, 1.54) is 0 Å². The summed E-state index contributed by atoms with van der Waals surface area (Å²) in [7, 11) is 0. The van der Waals surface area contributed by atoms with Crippen molar-refractivity contribution < 1.29 is 22.7 Å². The van der Waals surface area contributed by atoms with Crippen LogP contribution in [0.1, 0.15) is 57.8 Å². The first-order valence-corrected chi connectivity index (χ1v) is 7.68. The van der Waals surface area contributed by atoms with Crippen LogP contribution in [-0.4, -0.2) is 24.7 Å². The topological polar surface area (TPSA) is 26.3 Å². The second kappa shape index (κ2) is 6.92. The summed E-state index contributed by atoms with van der Waals surface area (Å²) in [5.74, 6) is -1.18. The van der Waals surface area contributed by atoms with E-state index >= 15 is 0 Å². The fourth-order valence-corrected chi connectivity index (χ4v) is 3.32. The standard InChI is InChI=1S/C15H23F3O2/c16-15(17,18)12-8-6-11(7-9-12)14(19)5-1-3-13-4-2-10-20-13/h11-13H,1-10H2. The molecule has 0 N–H and O–H groups in total. The first-order chi connectivity index (χ1) is 9.47. The number of ether oxygens (including phenoxy) is 1. The van der Waals surface area contributed by atoms with Crippen LogP contribution in [0.4, 0.5) is 13.2 Å². The molecule has 0 spiro atoms. The minimum Gasteiger partial charge on any atom is -0.378 e. The van der Waals surface area contributed by atoms with E-state index in [0.717, 1.165) is 32.3 Å². The zero-order chi connectivity index (χ0) is 14.6. The number of hydrogen-bond acceptors (Lipinski definition) is 2. The van der Waals surface area contributed by atoms with Gasteiger partial charge in [0.2, 0.25) is 0 Å². The van der Waals surface area contributed by atoms with Gasteiger partial charge in [-0.25, -0.2) is 0 Å². The van der Waals surface area contributed by atoms with Gasteiger partial charge in [-0.2, -0.15) is 13.2 Å². The summed E-state index contributed by atoms with van der Waals surface area (Å²) in [5, 5.41) is 0. The van der Waals surface area contributed by atoms with Crippen LogP contribution in [0, 0.1) is 11.8 Å². The Morgan fingerprint density at radius 2 is 1.80 bits per heavy atom. The fraction of sp³-hybridized carbons (Fsp3) is 0.933. The van der Waals surface area contributed by atoms with Crippen molar-refractivity contribution in [1.82, 2.24) is 0 Å². The molecule has 0 aromatic heterocycles. The minimum atomic E-state index is -4.09. The third-order valence-corrected chi connectivity index (χ3v) is 4.62. The highest BCUT2D eigenvalue weighted by atomic mass is 19.4. The molecule has 0 aromatic carbocycles. The minimum absolute atomic E-state index is 0.117. The second-order valence-corrected chi connectivity index (χ2v) is 6.08. The molecule has 20 heavy (non-hydrogen) atoms. The molecule has 0 radical (unpaired) electrons. The van der Waals surface area contributed by atoms with Crippen LogP contribution in [0.5, 0.6) is 0 Å². The summed E-state index contributed by atoms with van der Waals surface area (Å²) < 4.78 is 43.1. The Kier molecular flexibility index (Phi) is 5.47. The molecule has 1 atom stereocenters. The number of rotatable bonds is 5. The second-order valence-electron chi connectivity index (χ2n) is 6.08. The van der Waals surface area contributed by atoms with E-state index in [1.54, 1.807) is 0 Å². The van der Waals surface area contributed by atoms with E-state index < -0.39 is 12.1 Å². The van der Waals surface area contributed by atoms with Gasteiger partial charge in [0.1, 0.15) is 5.78 Å². The van der Waals surface area contributed by atoms with Gasteiger partial charge in [0, 0.05) is 18.9 Å². The van der Waals surface area contributed by atoms with Gasteiger partial charge >= 0.3 is 6.18 Å². The third kappa shape index (κ3) is 4.47. The van der Waals surface area contributed by atoms with E-state index in [9.17, 15) is 18.0 Å². The summed E-state index contributed by atoms with van der Waals surface area (Å²) >= 11 is 0. The molecule has 2 rings (SSSR count). The summed E-state index contributed by atoms with van der Waals surface area (Å²) in [6.45, 7) is 0.820. The van der Waals surface area contributed by atoms with Gasteiger partial charge in [0.25, 0.3) is 0 Å². The van der Waals surface area contributed by atoms with Crippen molar-refractivity contribution in [1.29, 1.82) is 0 Å². The molecular weight excluding hydrogens is 269 g/mol. The van der Waals surface area contributed by atoms with Crippen LogP contribution in [0.3, 0.4) is 0 Å². The van der Waals surface area contributed by atoms with Crippen LogP contribution >= 0.6 is 0 Å². The summed E-state index contributed by atoms with van der Waals surface area (Å²) in [5.41, 5.74) is 0. The normalized spacial score (nSPS) is 31.4. The zero-order valence-electron chi connectivity index (χ0n) is 11.8. The molecule has 1 aliphatic carbocycles. The SMILES string of the molecule is O=C(CCCC1CCCO1)C1CCC(C(F)(F)F)CC1. The van der Waals surface area contributed by atoms with E-state index in [-0.39, 0.29) is 24.5 Å². The Hall–Kier alpha value is -0.580. The Morgan fingerprint density at radius 1 is 1.10 bits per heavy atom. The van der Waals surface area contributed by atoms with Crippen molar-refractivity contribution in [2.75, 3.05) is 6.61 Å². The molecule has 2 nitrogen and oxygen atoms in total. The molecule has 1 aliphatic heterocycles. The van der Waals surface area contributed by atoms with Crippen molar-refractivity contribution in [3.63, 3.8) is 0 Å². The molecule has 116 valence electrons. The monoisotopic (exact) mass is 292 g/mol. The molecule has 1 heterocycles. The zero-order valence-corrected chi connectivity index (χ0v) is 11.8. The molecular formula is C15H23F3O2. The first-order valence-electron chi connectivity index (χ1n) is 7.68. The van der Waals surface area contributed by atoms with Crippen LogP contribution in [0.25, 0.3) is 0 Å². The van der Waals surface area contributed by atoms with Crippen LogP contribution in [0.2, 0.25) is 0 Å². The summed E-state index contributed by atoms with van der Waals surface area (Å²) in [6, 6.07) is 0. The maximum atomic E-state index is 12.5. The number of Topliss-reactive ketones (excluding diaryl/α,β-unsaturated/α-hetero) is 1.